The molecule has 1 aromatic rings. The van der Waals surface area contributed by atoms with Crippen LogP contribution in [-0.4, -0.2) is 13.2 Å². The minimum Gasteiger partial charge on any atom is -0.488 e. The summed E-state index contributed by atoms with van der Waals surface area (Å²) in [6.07, 6.45) is 5.00. The third kappa shape index (κ3) is 2.41. The number of ether oxygens (including phenoxy) is 1. The van der Waals surface area contributed by atoms with Crippen LogP contribution in [0.25, 0.3) is 0 Å². The van der Waals surface area contributed by atoms with Crippen molar-refractivity contribution in [2.24, 2.45) is 0 Å². The lowest BCUT2D eigenvalue weighted by Gasteiger charge is -2.16. The van der Waals surface area contributed by atoms with Crippen LogP contribution in [-0.2, 0) is 0 Å². The number of rotatable bonds is 3. The van der Waals surface area contributed by atoms with Crippen molar-refractivity contribution in [2.75, 3.05) is 12.4 Å². The topological polar surface area (TPSA) is 21.3 Å². The van der Waals surface area contributed by atoms with Crippen LogP contribution < -0.4 is 10.1 Å². The molecule has 0 spiro atoms. The van der Waals surface area contributed by atoms with Crippen molar-refractivity contribution in [1.29, 1.82) is 0 Å². The quantitative estimate of drug-likeness (QED) is 0.825. The Bertz CT molecular complexity index is 334. The Kier molecular flexibility index (Phi) is 3.09. The summed E-state index contributed by atoms with van der Waals surface area (Å²) in [6.45, 7) is 0. The number of hydrogen-bond acceptors (Lipinski definition) is 2. The summed E-state index contributed by atoms with van der Waals surface area (Å²) in [7, 11) is 1.77. The highest BCUT2D eigenvalue weighted by Crippen LogP contribution is 2.30. The van der Waals surface area contributed by atoms with Gasteiger partial charge in [-0.05, 0) is 37.8 Å². The molecule has 1 saturated carbocycles. The molecule has 2 rings (SSSR count). The Balaban J connectivity index is 2.12. The van der Waals surface area contributed by atoms with E-state index in [1.165, 1.54) is 25.0 Å². The third-order valence-corrected chi connectivity index (χ3v) is 2.81. The molecule has 1 aliphatic rings. The minimum atomic E-state index is -0.238. The van der Waals surface area contributed by atoms with Crippen LogP contribution in [0, 0.1) is 5.82 Å². The zero-order valence-electron chi connectivity index (χ0n) is 8.92. The van der Waals surface area contributed by atoms with Gasteiger partial charge >= 0.3 is 0 Å². The lowest BCUT2D eigenvalue weighted by atomic mass is 10.2. The Labute approximate surface area is 89.4 Å². The van der Waals surface area contributed by atoms with Gasteiger partial charge in [-0.15, -0.1) is 0 Å². The van der Waals surface area contributed by atoms with E-state index in [1.807, 2.05) is 0 Å². The summed E-state index contributed by atoms with van der Waals surface area (Å²) >= 11 is 0. The average molecular weight is 209 g/mol. The Morgan fingerprint density at radius 1 is 1.33 bits per heavy atom. The molecule has 82 valence electrons. The second-order valence-electron chi connectivity index (χ2n) is 3.91. The van der Waals surface area contributed by atoms with Crippen molar-refractivity contribution in [3.05, 3.63) is 24.0 Å². The predicted octanol–water partition coefficient (Wildman–Crippen LogP) is 3.19. The van der Waals surface area contributed by atoms with Crippen molar-refractivity contribution in [3.8, 4) is 5.75 Å². The molecule has 3 heteroatoms. The largest absolute Gasteiger partial charge is 0.488 e. The van der Waals surface area contributed by atoms with Gasteiger partial charge in [0.15, 0.2) is 0 Å². The molecule has 0 amide bonds. The van der Waals surface area contributed by atoms with Crippen molar-refractivity contribution >= 4 is 5.69 Å². The zero-order valence-corrected chi connectivity index (χ0v) is 8.92. The molecular formula is C12H16FNO. The highest BCUT2D eigenvalue weighted by atomic mass is 19.1. The monoisotopic (exact) mass is 209 g/mol. The van der Waals surface area contributed by atoms with E-state index in [9.17, 15) is 4.39 Å². The van der Waals surface area contributed by atoms with Gasteiger partial charge in [-0.25, -0.2) is 4.39 Å². The SMILES string of the molecule is CNc1cc(F)ccc1OC1CCCC1. The molecule has 0 aromatic heterocycles. The average Bonchev–Trinajstić information content (AvgIpc) is 2.73. The first-order valence-corrected chi connectivity index (χ1v) is 5.43. The number of halogens is 1. The molecule has 15 heavy (non-hydrogen) atoms. The van der Waals surface area contributed by atoms with Gasteiger partial charge in [0.1, 0.15) is 11.6 Å². The van der Waals surface area contributed by atoms with E-state index in [2.05, 4.69) is 5.32 Å². The maximum absolute atomic E-state index is 13.0. The molecule has 1 N–H and O–H groups in total. The van der Waals surface area contributed by atoms with Crippen molar-refractivity contribution in [1.82, 2.24) is 0 Å². The molecule has 0 saturated heterocycles. The summed E-state index contributed by atoms with van der Waals surface area (Å²) in [5.41, 5.74) is 0.724. The van der Waals surface area contributed by atoms with Gasteiger partial charge in [-0.2, -0.15) is 0 Å². The maximum Gasteiger partial charge on any atom is 0.143 e. The fourth-order valence-electron chi connectivity index (χ4n) is 1.99. The fraction of sp³-hybridized carbons (Fsp3) is 0.500. The summed E-state index contributed by atoms with van der Waals surface area (Å²) in [6, 6.07) is 4.59. The lowest BCUT2D eigenvalue weighted by molar-refractivity contribution is 0.211. The number of hydrogen-bond donors (Lipinski definition) is 1. The normalized spacial score (nSPS) is 16.7. The first kappa shape index (κ1) is 10.3. The van der Waals surface area contributed by atoms with Crippen molar-refractivity contribution in [3.63, 3.8) is 0 Å². The highest BCUT2D eigenvalue weighted by molar-refractivity contribution is 5.56. The molecule has 1 fully saturated rings. The van der Waals surface area contributed by atoms with E-state index in [-0.39, 0.29) is 5.82 Å². The summed E-state index contributed by atoms with van der Waals surface area (Å²) in [5.74, 6) is 0.518. The predicted molar refractivity (Wildman–Crippen MR) is 58.8 cm³/mol. The van der Waals surface area contributed by atoms with E-state index in [0.29, 0.717) is 6.10 Å². The third-order valence-electron chi connectivity index (χ3n) is 2.81. The van der Waals surface area contributed by atoms with Gasteiger partial charge < -0.3 is 10.1 Å². The van der Waals surface area contributed by atoms with Gasteiger partial charge in [0.2, 0.25) is 0 Å². The number of benzene rings is 1. The van der Waals surface area contributed by atoms with Crippen LogP contribution >= 0.6 is 0 Å². The van der Waals surface area contributed by atoms with Gasteiger partial charge in [0.05, 0.1) is 11.8 Å². The van der Waals surface area contributed by atoms with E-state index >= 15 is 0 Å². The van der Waals surface area contributed by atoms with Crippen molar-refractivity contribution < 1.29 is 9.13 Å². The van der Waals surface area contributed by atoms with Crippen LogP contribution in [0.2, 0.25) is 0 Å². The molecule has 1 aliphatic carbocycles. The van der Waals surface area contributed by atoms with Crippen LogP contribution in [0.5, 0.6) is 5.75 Å². The molecular weight excluding hydrogens is 193 g/mol. The van der Waals surface area contributed by atoms with E-state index < -0.39 is 0 Å². The zero-order chi connectivity index (χ0) is 10.7. The molecule has 2 nitrogen and oxygen atoms in total. The van der Waals surface area contributed by atoms with Crippen LogP contribution in [0.15, 0.2) is 18.2 Å². The lowest BCUT2D eigenvalue weighted by Crippen LogP contribution is -2.12. The Hall–Kier alpha value is -1.25. The second-order valence-corrected chi connectivity index (χ2v) is 3.91. The fourth-order valence-corrected chi connectivity index (χ4v) is 1.99. The first-order chi connectivity index (χ1) is 7.29. The molecule has 0 bridgehead atoms. The first-order valence-electron chi connectivity index (χ1n) is 5.43. The highest BCUT2D eigenvalue weighted by Gasteiger charge is 2.17. The number of nitrogens with one attached hydrogen (secondary N) is 1. The summed E-state index contributed by atoms with van der Waals surface area (Å²) in [5, 5.41) is 2.95. The molecule has 0 heterocycles. The van der Waals surface area contributed by atoms with Crippen LogP contribution in [0.1, 0.15) is 25.7 Å². The van der Waals surface area contributed by atoms with Gasteiger partial charge in [0.25, 0.3) is 0 Å². The van der Waals surface area contributed by atoms with Crippen LogP contribution in [0.4, 0.5) is 10.1 Å². The standard InChI is InChI=1S/C12H16FNO/c1-14-11-8-9(13)6-7-12(11)15-10-4-2-3-5-10/h6-8,10,14H,2-5H2,1H3. The van der Waals surface area contributed by atoms with E-state index in [0.717, 1.165) is 24.3 Å². The molecule has 1 aromatic carbocycles. The van der Waals surface area contributed by atoms with E-state index in [1.54, 1.807) is 13.1 Å². The van der Waals surface area contributed by atoms with E-state index in [4.69, 9.17) is 4.74 Å². The second kappa shape index (κ2) is 4.51. The number of anilines is 1. The smallest absolute Gasteiger partial charge is 0.143 e. The van der Waals surface area contributed by atoms with Gasteiger partial charge in [-0.1, -0.05) is 0 Å². The minimum absolute atomic E-state index is 0.238. The van der Waals surface area contributed by atoms with Gasteiger partial charge in [0, 0.05) is 13.1 Å². The Morgan fingerprint density at radius 2 is 2.07 bits per heavy atom. The molecule has 0 aliphatic heterocycles. The van der Waals surface area contributed by atoms with Gasteiger partial charge in [-0.3, -0.25) is 0 Å². The maximum atomic E-state index is 13.0. The van der Waals surface area contributed by atoms with Crippen molar-refractivity contribution in [2.45, 2.75) is 31.8 Å². The molecule has 0 atom stereocenters. The Morgan fingerprint density at radius 3 is 2.73 bits per heavy atom. The summed E-state index contributed by atoms with van der Waals surface area (Å²) < 4.78 is 18.8. The summed E-state index contributed by atoms with van der Waals surface area (Å²) in [4.78, 5) is 0. The molecule has 0 unspecified atom stereocenters. The molecule has 0 radical (unpaired) electrons. The van der Waals surface area contributed by atoms with Crippen LogP contribution in [0.3, 0.4) is 0 Å².